The van der Waals surface area contributed by atoms with Gasteiger partial charge in [-0.15, -0.1) is 0 Å². The molecular formula is C21H22N2O6. The molecule has 0 radical (unpaired) electrons. The summed E-state index contributed by atoms with van der Waals surface area (Å²) < 4.78 is 15.6. The molecule has 2 N–H and O–H groups in total. The Balaban J connectivity index is 1.81. The SMILES string of the molecule is CCOC(=O)CC(NC(=O)c1ccc2c(c1)OCC(=O)N2)c1cccc(OC)c1. The van der Waals surface area contributed by atoms with Gasteiger partial charge in [-0.1, -0.05) is 12.1 Å². The van der Waals surface area contributed by atoms with Crippen LogP contribution >= 0.6 is 0 Å². The molecular weight excluding hydrogens is 376 g/mol. The minimum absolute atomic E-state index is 0.0236. The van der Waals surface area contributed by atoms with Crippen molar-refractivity contribution in [2.24, 2.45) is 0 Å². The number of amides is 2. The first-order valence-electron chi connectivity index (χ1n) is 9.17. The molecule has 0 saturated carbocycles. The van der Waals surface area contributed by atoms with Gasteiger partial charge in [-0.2, -0.15) is 0 Å². The van der Waals surface area contributed by atoms with Crippen molar-refractivity contribution in [1.82, 2.24) is 5.32 Å². The van der Waals surface area contributed by atoms with Crippen LogP contribution in [0.4, 0.5) is 5.69 Å². The lowest BCUT2D eigenvalue weighted by atomic mass is 10.0. The molecule has 0 spiro atoms. The standard InChI is InChI=1S/C21H22N2O6/c1-3-28-20(25)11-17(13-5-4-6-15(9-13)27-2)23-21(26)14-7-8-16-18(10-14)29-12-19(24)22-16/h4-10,17H,3,11-12H2,1-2H3,(H,22,24)(H,23,26). The quantitative estimate of drug-likeness (QED) is 0.695. The van der Waals surface area contributed by atoms with Crippen molar-refractivity contribution in [1.29, 1.82) is 0 Å². The molecule has 8 nitrogen and oxygen atoms in total. The number of rotatable bonds is 7. The average Bonchev–Trinajstić information content (AvgIpc) is 2.73. The Labute approximate surface area is 168 Å². The van der Waals surface area contributed by atoms with E-state index in [1.807, 2.05) is 0 Å². The minimum atomic E-state index is -0.603. The summed E-state index contributed by atoms with van der Waals surface area (Å²) in [6.07, 6.45) is -0.0236. The third-order valence-electron chi connectivity index (χ3n) is 4.35. The molecule has 2 aromatic carbocycles. The van der Waals surface area contributed by atoms with Gasteiger partial charge in [0.2, 0.25) is 0 Å². The van der Waals surface area contributed by atoms with Crippen LogP contribution in [-0.4, -0.2) is 38.1 Å². The van der Waals surface area contributed by atoms with Gasteiger partial charge in [0.25, 0.3) is 11.8 Å². The Kier molecular flexibility index (Phi) is 6.33. The van der Waals surface area contributed by atoms with Crippen molar-refractivity contribution >= 4 is 23.5 Å². The summed E-state index contributed by atoms with van der Waals surface area (Å²) in [6.45, 7) is 1.88. The maximum absolute atomic E-state index is 12.8. The number of methoxy groups -OCH3 is 1. The van der Waals surface area contributed by atoms with Gasteiger partial charge in [-0.3, -0.25) is 14.4 Å². The third kappa shape index (κ3) is 5.04. The molecule has 1 aliphatic heterocycles. The molecule has 1 heterocycles. The lowest BCUT2D eigenvalue weighted by Crippen LogP contribution is -2.31. The molecule has 8 heteroatoms. The number of carbonyl (C=O) groups is 3. The van der Waals surface area contributed by atoms with Crippen molar-refractivity contribution < 1.29 is 28.6 Å². The Hall–Kier alpha value is -3.55. The average molecular weight is 398 g/mol. The van der Waals surface area contributed by atoms with Crippen LogP contribution in [-0.2, 0) is 14.3 Å². The number of esters is 1. The van der Waals surface area contributed by atoms with Crippen LogP contribution in [0, 0.1) is 0 Å². The van der Waals surface area contributed by atoms with E-state index in [9.17, 15) is 14.4 Å². The van der Waals surface area contributed by atoms with E-state index in [1.165, 1.54) is 0 Å². The molecule has 3 rings (SSSR count). The molecule has 1 atom stereocenters. The molecule has 152 valence electrons. The number of benzene rings is 2. The molecule has 1 aliphatic rings. The second kappa shape index (κ2) is 9.09. The van der Waals surface area contributed by atoms with Gasteiger partial charge in [0.1, 0.15) is 11.5 Å². The Morgan fingerprint density at radius 2 is 2.07 bits per heavy atom. The highest BCUT2D eigenvalue weighted by Gasteiger charge is 2.22. The first-order valence-corrected chi connectivity index (χ1v) is 9.17. The number of fused-ring (bicyclic) bond motifs is 1. The lowest BCUT2D eigenvalue weighted by molar-refractivity contribution is -0.143. The number of carbonyl (C=O) groups excluding carboxylic acids is 3. The largest absolute Gasteiger partial charge is 0.497 e. The highest BCUT2D eigenvalue weighted by molar-refractivity contribution is 5.99. The number of ether oxygens (including phenoxy) is 3. The van der Waals surface area contributed by atoms with Crippen LogP contribution in [0.15, 0.2) is 42.5 Å². The van der Waals surface area contributed by atoms with E-state index in [2.05, 4.69) is 10.6 Å². The second-order valence-corrected chi connectivity index (χ2v) is 6.36. The lowest BCUT2D eigenvalue weighted by Gasteiger charge is -2.21. The topological polar surface area (TPSA) is 103 Å². The second-order valence-electron chi connectivity index (χ2n) is 6.36. The highest BCUT2D eigenvalue weighted by atomic mass is 16.5. The number of hydrogen-bond donors (Lipinski definition) is 2. The molecule has 0 aromatic heterocycles. The third-order valence-corrected chi connectivity index (χ3v) is 4.35. The summed E-state index contributed by atoms with van der Waals surface area (Å²) in [7, 11) is 1.55. The maximum Gasteiger partial charge on any atom is 0.308 e. The summed E-state index contributed by atoms with van der Waals surface area (Å²) in [6, 6.07) is 11.3. The van der Waals surface area contributed by atoms with Crippen LogP contribution in [0.3, 0.4) is 0 Å². The normalized spacial score (nSPS) is 13.4. The van der Waals surface area contributed by atoms with Crippen LogP contribution in [0.5, 0.6) is 11.5 Å². The monoisotopic (exact) mass is 398 g/mol. The van der Waals surface area contributed by atoms with Crippen LogP contribution in [0.2, 0.25) is 0 Å². The van der Waals surface area contributed by atoms with Gasteiger partial charge in [0.05, 0.1) is 31.9 Å². The van der Waals surface area contributed by atoms with Gasteiger partial charge < -0.3 is 24.8 Å². The molecule has 2 amide bonds. The van der Waals surface area contributed by atoms with Gasteiger partial charge in [0.15, 0.2) is 6.61 Å². The zero-order valence-electron chi connectivity index (χ0n) is 16.2. The summed E-state index contributed by atoms with van der Waals surface area (Å²) in [5.41, 5.74) is 1.57. The van der Waals surface area contributed by atoms with Gasteiger partial charge in [0, 0.05) is 5.56 Å². The Bertz CT molecular complexity index is 927. The van der Waals surface area contributed by atoms with E-state index in [4.69, 9.17) is 14.2 Å². The zero-order valence-corrected chi connectivity index (χ0v) is 16.2. The van der Waals surface area contributed by atoms with Crippen LogP contribution < -0.4 is 20.1 Å². The summed E-state index contributed by atoms with van der Waals surface area (Å²) in [5, 5.41) is 5.54. The fraction of sp³-hybridized carbons (Fsp3) is 0.286. The van der Waals surface area contributed by atoms with Crippen molar-refractivity contribution in [2.45, 2.75) is 19.4 Å². The smallest absolute Gasteiger partial charge is 0.308 e. The van der Waals surface area contributed by atoms with Gasteiger partial charge in [-0.05, 0) is 42.8 Å². The first kappa shape index (κ1) is 20.2. The summed E-state index contributed by atoms with van der Waals surface area (Å²) in [4.78, 5) is 36.3. The summed E-state index contributed by atoms with van der Waals surface area (Å²) in [5.74, 6) is -0.0196. The van der Waals surface area contributed by atoms with E-state index >= 15 is 0 Å². The van der Waals surface area contributed by atoms with Gasteiger partial charge in [-0.25, -0.2) is 0 Å². The fourth-order valence-corrected chi connectivity index (χ4v) is 2.95. The predicted molar refractivity (Wildman–Crippen MR) is 105 cm³/mol. The zero-order chi connectivity index (χ0) is 20.8. The maximum atomic E-state index is 12.8. The van der Waals surface area contributed by atoms with E-state index in [0.717, 1.165) is 0 Å². The highest BCUT2D eigenvalue weighted by Crippen LogP contribution is 2.29. The predicted octanol–water partition coefficient (Wildman–Crippen LogP) is 2.45. The molecule has 0 fully saturated rings. The number of nitrogens with one attached hydrogen (secondary N) is 2. The fourth-order valence-electron chi connectivity index (χ4n) is 2.95. The van der Waals surface area contributed by atoms with Crippen molar-refractivity contribution in [3.8, 4) is 11.5 Å². The van der Waals surface area contributed by atoms with E-state index in [1.54, 1.807) is 56.5 Å². The van der Waals surface area contributed by atoms with E-state index < -0.39 is 12.0 Å². The number of hydrogen-bond acceptors (Lipinski definition) is 6. The number of anilines is 1. The molecule has 0 saturated heterocycles. The van der Waals surface area contributed by atoms with Crippen LogP contribution in [0.1, 0.15) is 35.3 Å². The summed E-state index contributed by atoms with van der Waals surface area (Å²) >= 11 is 0. The first-order chi connectivity index (χ1) is 14.0. The van der Waals surface area contributed by atoms with Crippen molar-refractivity contribution in [2.75, 3.05) is 25.6 Å². The van der Waals surface area contributed by atoms with E-state index in [0.29, 0.717) is 28.3 Å². The van der Waals surface area contributed by atoms with Gasteiger partial charge >= 0.3 is 5.97 Å². The van der Waals surface area contributed by atoms with Crippen molar-refractivity contribution in [3.63, 3.8) is 0 Å². The Morgan fingerprint density at radius 1 is 1.24 bits per heavy atom. The molecule has 2 aromatic rings. The molecule has 0 bridgehead atoms. The Morgan fingerprint density at radius 3 is 2.83 bits per heavy atom. The minimum Gasteiger partial charge on any atom is -0.497 e. The van der Waals surface area contributed by atoms with Crippen molar-refractivity contribution in [3.05, 3.63) is 53.6 Å². The molecule has 1 unspecified atom stereocenters. The van der Waals surface area contributed by atoms with Crippen LogP contribution in [0.25, 0.3) is 0 Å². The molecule has 0 aliphatic carbocycles. The molecule has 29 heavy (non-hydrogen) atoms. The van der Waals surface area contributed by atoms with E-state index in [-0.39, 0.29) is 31.4 Å².